The average molecular weight is 553 g/mol. The number of nitrogens with zero attached hydrogens (tertiary/aromatic N) is 2. The largest absolute Gasteiger partial charge is 0.398 e. The van der Waals surface area contributed by atoms with Crippen LogP contribution < -0.4 is 15.4 Å². The molecule has 9 nitrogen and oxygen atoms in total. The number of likely N-dealkylation sites (N-methyl/N-ethyl adjacent to an activating group) is 1. The Labute approximate surface area is 207 Å². The molecule has 2 aromatic rings. The maximum absolute atomic E-state index is 12.8. The lowest BCUT2D eigenvalue weighted by Gasteiger charge is -2.29. The molecule has 1 fully saturated rings. The number of aliphatic imine (C=N–C) groups is 1. The molecule has 0 atom stereocenters. The van der Waals surface area contributed by atoms with Crippen molar-refractivity contribution in [2.45, 2.75) is 18.8 Å². The molecule has 184 valence electrons. The first kappa shape index (κ1) is 26.1. The van der Waals surface area contributed by atoms with Gasteiger partial charge in [-0.05, 0) is 60.7 Å². The number of aliphatic hydroxyl groups excluding tert-OH is 2. The molecule has 0 aliphatic heterocycles. The normalized spacial score (nSPS) is 14.4. The topological polar surface area (TPSA) is 145 Å². The van der Waals surface area contributed by atoms with Gasteiger partial charge in [0.2, 0.25) is 10.0 Å². The molecule has 0 bridgehead atoms. The minimum absolute atomic E-state index is 0.0976. The van der Waals surface area contributed by atoms with Crippen molar-refractivity contribution < 1.29 is 23.4 Å². The molecule has 34 heavy (non-hydrogen) atoms. The third-order valence-electron chi connectivity index (χ3n) is 5.59. The fraction of sp³-hybridized carbons (Fsp3) is 0.391. The molecule has 1 aliphatic rings. The number of nitrogens with two attached hydrogens (primary N) is 1. The molecule has 0 heterocycles. The van der Waals surface area contributed by atoms with Crippen molar-refractivity contribution in [1.82, 2.24) is 5.32 Å². The molecule has 1 amide bonds. The zero-order valence-electron chi connectivity index (χ0n) is 19.0. The number of benzene rings is 2. The highest BCUT2D eigenvalue weighted by Crippen LogP contribution is 2.46. The van der Waals surface area contributed by atoms with Gasteiger partial charge in [0.25, 0.3) is 5.91 Å². The van der Waals surface area contributed by atoms with E-state index in [9.17, 15) is 23.4 Å². The SMILES string of the molecule is CNC(=O)C(=Nc1ccc(Br)cc1)c1cc(C2CC2)c(N(CC(CO)CO)S(C)(=O)=O)cc1N. The van der Waals surface area contributed by atoms with E-state index in [0.717, 1.165) is 29.1 Å². The summed E-state index contributed by atoms with van der Waals surface area (Å²) in [7, 11) is -2.24. The summed E-state index contributed by atoms with van der Waals surface area (Å²) in [5, 5.41) is 21.6. The van der Waals surface area contributed by atoms with Crippen LogP contribution in [0.15, 0.2) is 45.9 Å². The van der Waals surface area contributed by atoms with Crippen LogP contribution in [-0.4, -0.2) is 63.3 Å². The first-order valence-electron chi connectivity index (χ1n) is 10.8. The molecule has 0 aromatic heterocycles. The number of carbonyl (C=O) groups is 1. The van der Waals surface area contributed by atoms with Crippen molar-refractivity contribution in [2.24, 2.45) is 10.9 Å². The van der Waals surface area contributed by atoms with E-state index in [-0.39, 0.29) is 37.1 Å². The second-order valence-corrected chi connectivity index (χ2v) is 11.1. The van der Waals surface area contributed by atoms with E-state index < -0.39 is 21.8 Å². The van der Waals surface area contributed by atoms with Gasteiger partial charge >= 0.3 is 0 Å². The summed E-state index contributed by atoms with van der Waals surface area (Å²) >= 11 is 3.38. The Hall–Kier alpha value is -2.47. The molecular formula is C23H29BrN4O5S. The average Bonchev–Trinajstić information content (AvgIpc) is 3.64. The van der Waals surface area contributed by atoms with Crippen LogP contribution in [0.1, 0.15) is 29.9 Å². The molecule has 11 heteroatoms. The first-order valence-corrected chi connectivity index (χ1v) is 13.4. The number of halogens is 1. The highest BCUT2D eigenvalue weighted by Gasteiger charge is 2.33. The van der Waals surface area contributed by atoms with Crippen LogP contribution in [0.25, 0.3) is 0 Å². The molecule has 0 unspecified atom stereocenters. The number of nitrogen functional groups attached to an aromatic ring is 1. The maximum atomic E-state index is 12.8. The second kappa shape index (κ2) is 10.9. The summed E-state index contributed by atoms with van der Waals surface area (Å²) < 4.78 is 27.4. The molecule has 0 spiro atoms. The van der Waals surface area contributed by atoms with Crippen LogP contribution >= 0.6 is 15.9 Å². The number of nitrogens with one attached hydrogen (secondary N) is 1. The van der Waals surface area contributed by atoms with Crippen molar-refractivity contribution >= 4 is 54.6 Å². The van der Waals surface area contributed by atoms with Gasteiger partial charge in [-0.3, -0.25) is 9.10 Å². The highest BCUT2D eigenvalue weighted by atomic mass is 79.9. The van der Waals surface area contributed by atoms with Gasteiger partial charge in [-0.1, -0.05) is 15.9 Å². The third-order valence-corrected chi connectivity index (χ3v) is 7.27. The fourth-order valence-corrected chi connectivity index (χ4v) is 4.84. The molecule has 0 radical (unpaired) electrons. The number of rotatable bonds is 10. The van der Waals surface area contributed by atoms with Crippen molar-refractivity contribution in [3.63, 3.8) is 0 Å². The molecular weight excluding hydrogens is 524 g/mol. The van der Waals surface area contributed by atoms with Gasteiger partial charge in [0.15, 0.2) is 0 Å². The van der Waals surface area contributed by atoms with E-state index in [1.165, 1.54) is 17.4 Å². The molecule has 2 aromatic carbocycles. The monoisotopic (exact) mass is 552 g/mol. The summed E-state index contributed by atoms with van der Waals surface area (Å²) in [6.07, 6.45) is 2.82. The predicted octanol–water partition coefficient (Wildman–Crippen LogP) is 2.14. The Kier molecular flexibility index (Phi) is 8.34. The van der Waals surface area contributed by atoms with Crippen LogP contribution in [0, 0.1) is 5.92 Å². The quantitative estimate of drug-likeness (QED) is 0.262. The molecule has 3 rings (SSSR count). The Morgan fingerprint density at radius 2 is 1.85 bits per heavy atom. The number of aliphatic hydroxyl groups is 2. The van der Waals surface area contributed by atoms with Crippen molar-refractivity contribution in [3.05, 3.63) is 52.0 Å². The Bertz CT molecular complexity index is 1180. The maximum Gasteiger partial charge on any atom is 0.270 e. The number of amides is 1. The van der Waals surface area contributed by atoms with Gasteiger partial charge in [0, 0.05) is 48.4 Å². The lowest BCUT2D eigenvalue weighted by molar-refractivity contribution is -0.114. The highest BCUT2D eigenvalue weighted by molar-refractivity contribution is 9.10. The van der Waals surface area contributed by atoms with Crippen molar-refractivity contribution in [1.29, 1.82) is 0 Å². The number of sulfonamides is 1. The minimum atomic E-state index is -3.74. The summed E-state index contributed by atoms with van der Waals surface area (Å²) in [6.45, 7) is -0.829. The summed E-state index contributed by atoms with van der Waals surface area (Å²) in [6, 6.07) is 10.4. The predicted molar refractivity (Wildman–Crippen MR) is 137 cm³/mol. The van der Waals surface area contributed by atoms with Crippen LogP contribution in [0.5, 0.6) is 0 Å². The van der Waals surface area contributed by atoms with Gasteiger partial charge in [-0.25, -0.2) is 13.4 Å². The van der Waals surface area contributed by atoms with Gasteiger partial charge in [0.05, 0.1) is 17.6 Å². The first-order chi connectivity index (χ1) is 16.1. The van der Waals surface area contributed by atoms with E-state index in [4.69, 9.17) is 5.73 Å². The van der Waals surface area contributed by atoms with Crippen LogP contribution in [0.3, 0.4) is 0 Å². The summed E-state index contributed by atoms with van der Waals surface area (Å²) in [5.74, 6) is -0.966. The Balaban J connectivity index is 2.17. The van der Waals surface area contributed by atoms with Crippen molar-refractivity contribution in [2.75, 3.05) is 43.1 Å². The van der Waals surface area contributed by atoms with Gasteiger partial charge in [0.1, 0.15) is 5.71 Å². The van der Waals surface area contributed by atoms with Crippen LogP contribution in [0.2, 0.25) is 0 Å². The van der Waals surface area contributed by atoms with E-state index in [2.05, 4.69) is 26.2 Å². The fourth-order valence-electron chi connectivity index (χ4n) is 3.58. The molecule has 1 aliphatic carbocycles. The standard InChI is InChI=1S/C23H29BrN4O5S/c1-26-23(31)22(27-17-7-5-16(24)6-8-17)19-9-18(15-3-4-15)21(10-20(19)25)28(34(2,32)33)11-14(12-29)13-30/h5-10,14-15,29-30H,3-4,11-13,25H2,1-2H3,(H,26,31). The van der Waals surface area contributed by atoms with Crippen molar-refractivity contribution in [3.8, 4) is 0 Å². The number of carbonyl (C=O) groups excluding carboxylic acids is 1. The van der Waals surface area contributed by atoms with E-state index in [1.807, 2.05) is 12.1 Å². The smallest absolute Gasteiger partial charge is 0.270 e. The summed E-state index contributed by atoms with van der Waals surface area (Å²) in [4.78, 5) is 17.3. The Morgan fingerprint density at radius 3 is 2.35 bits per heavy atom. The van der Waals surface area contributed by atoms with Crippen LogP contribution in [-0.2, 0) is 14.8 Å². The lowest BCUT2D eigenvalue weighted by atomic mass is 9.98. The van der Waals surface area contributed by atoms with Gasteiger partial charge in [-0.15, -0.1) is 0 Å². The van der Waals surface area contributed by atoms with E-state index >= 15 is 0 Å². The minimum Gasteiger partial charge on any atom is -0.398 e. The number of hydrogen-bond donors (Lipinski definition) is 4. The second-order valence-electron chi connectivity index (χ2n) is 8.31. The third kappa shape index (κ3) is 6.15. The van der Waals surface area contributed by atoms with Gasteiger partial charge < -0.3 is 21.3 Å². The van der Waals surface area contributed by atoms with E-state index in [0.29, 0.717) is 16.9 Å². The van der Waals surface area contributed by atoms with E-state index in [1.54, 1.807) is 18.2 Å². The van der Waals surface area contributed by atoms with Gasteiger partial charge in [-0.2, -0.15) is 0 Å². The van der Waals surface area contributed by atoms with Crippen LogP contribution in [0.4, 0.5) is 17.1 Å². The molecule has 1 saturated carbocycles. The molecule has 5 N–H and O–H groups in total. The summed E-state index contributed by atoms with van der Waals surface area (Å²) in [5.41, 5.74) is 8.76. The zero-order valence-corrected chi connectivity index (χ0v) is 21.4. The molecule has 0 saturated heterocycles. The zero-order chi connectivity index (χ0) is 25.0. The Morgan fingerprint density at radius 1 is 1.24 bits per heavy atom. The lowest BCUT2D eigenvalue weighted by Crippen LogP contribution is -2.38. The number of anilines is 2. The number of hydrogen-bond acceptors (Lipinski definition) is 7.